The maximum absolute atomic E-state index is 12.9. The van der Waals surface area contributed by atoms with Gasteiger partial charge in [0.25, 0.3) is 0 Å². The number of nitrogens with zero attached hydrogens (tertiary/aromatic N) is 3. The highest BCUT2D eigenvalue weighted by Gasteiger charge is 2.31. The van der Waals surface area contributed by atoms with E-state index in [2.05, 4.69) is 29.3 Å². The second-order valence-electron chi connectivity index (χ2n) is 7.30. The molecular weight excluding hydrogens is 348 g/mol. The van der Waals surface area contributed by atoms with Crippen molar-refractivity contribution in [1.82, 2.24) is 20.0 Å². The zero-order valence-electron chi connectivity index (χ0n) is 15.6. The molecule has 2 aromatic rings. The van der Waals surface area contributed by atoms with Crippen LogP contribution in [-0.2, 0) is 4.79 Å². The quantitative estimate of drug-likeness (QED) is 0.873. The average molecular weight is 375 g/mol. The van der Waals surface area contributed by atoms with Gasteiger partial charge in [-0.15, -0.1) is 0 Å². The third-order valence-corrected chi connectivity index (χ3v) is 5.80. The Morgan fingerprint density at radius 3 is 2.77 bits per heavy atom. The van der Waals surface area contributed by atoms with Crippen LogP contribution in [0.15, 0.2) is 42.7 Å². The zero-order valence-corrected chi connectivity index (χ0v) is 16.4. The predicted octanol–water partition coefficient (Wildman–Crippen LogP) is 3.36. The fraction of sp³-hybridized carbons (Fsp3) is 0.500. The summed E-state index contributed by atoms with van der Waals surface area (Å²) in [5, 5.41) is 8.30. The summed E-state index contributed by atoms with van der Waals surface area (Å²) in [7, 11) is 2.12. The van der Waals surface area contributed by atoms with Crippen molar-refractivity contribution in [2.75, 3.05) is 13.6 Å². The molecule has 6 heteroatoms. The molecule has 2 heterocycles. The number of carbonyl (C=O) groups excluding carboxylic acids is 1. The summed E-state index contributed by atoms with van der Waals surface area (Å²) in [5.41, 5.74) is 0.961. The lowest BCUT2D eigenvalue weighted by Crippen LogP contribution is -2.47. The zero-order chi connectivity index (χ0) is 18.7. The molecule has 0 radical (unpaired) electrons. The van der Waals surface area contributed by atoms with Crippen LogP contribution in [0.2, 0.25) is 5.02 Å². The maximum atomic E-state index is 12.9. The van der Waals surface area contributed by atoms with E-state index in [-0.39, 0.29) is 23.9 Å². The van der Waals surface area contributed by atoms with Gasteiger partial charge in [-0.25, -0.2) is 0 Å². The van der Waals surface area contributed by atoms with Crippen LogP contribution in [0.3, 0.4) is 0 Å². The van der Waals surface area contributed by atoms with Crippen LogP contribution in [0.5, 0.6) is 0 Å². The number of aromatic nitrogens is 2. The first-order chi connectivity index (χ1) is 12.5. The molecule has 26 heavy (non-hydrogen) atoms. The second kappa shape index (κ2) is 8.23. The molecule has 0 aliphatic carbocycles. The first-order valence-electron chi connectivity index (χ1n) is 9.21. The van der Waals surface area contributed by atoms with Gasteiger partial charge in [-0.3, -0.25) is 9.48 Å². The fourth-order valence-electron chi connectivity index (χ4n) is 3.75. The average Bonchev–Trinajstić information content (AvgIpc) is 3.13. The van der Waals surface area contributed by atoms with Crippen molar-refractivity contribution in [3.8, 4) is 0 Å². The molecule has 1 aliphatic rings. The van der Waals surface area contributed by atoms with Gasteiger partial charge in [0.15, 0.2) is 0 Å². The number of amides is 1. The van der Waals surface area contributed by atoms with Gasteiger partial charge in [-0.05, 0) is 58.0 Å². The predicted molar refractivity (Wildman–Crippen MR) is 104 cm³/mol. The topological polar surface area (TPSA) is 50.2 Å². The molecule has 0 unspecified atom stereocenters. The highest BCUT2D eigenvalue weighted by Crippen LogP contribution is 2.29. The molecule has 0 spiro atoms. The Kier molecular flexibility index (Phi) is 5.99. The molecule has 1 fully saturated rings. The summed E-state index contributed by atoms with van der Waals surface area (Å²) in [6.07, 6.45) is 5.46. The Morgan fingerprint density at radius 1 is 1.35 bits per heavy atom. The first-order valence-corrected chi connectivity index (χ1v) is 9.59. The lowest BCUT2D eigenvalue weighted by Gasteiger charge is -2.35. The SMILES string of the molecule is C[C@H](NC(=O)[C@H]1CCN(C)[C@@H](C)C1)[C@@H](c1ccccc1Cl)n1cccn1. The Hall–Kier alpha value is -1.85. The van der Waals surface area contributed by atoms with E-state index in [1.54, 1.807) is 6.20 Å². The van der Waals surface area contributed by atoms with E-state index in [9.17, 15) is 4.79 Å². The molecule has 1 aliphatic heterocycles. The first kappa shape index (κ1) is 18.9. The van der Waals surface area contributed by atoms with Gasteiger partial charge in [0, 0.05) is 29.4 Å². The number of hydrogen-bond acceptors (Lipinski definition) is 3. The summed E-state index contributed by atoms with van der Waals surface area (Å²) in [6.45, 7) is 5.16. The molecular formula is C20H27ClN4O. The van der Waals surface area contributed by atoms with Gasteiger partial charge >= 0.3 is 0 Å². The lowest BCUT2D eigenvalue weighted by atomic mass is 9.90. The highest BCUT2D eigenvalue weighted by molar-refractivity contribution is 6.31. The third kappa shape index (κ3) is 4.10. The van der Waals surface area contributed by atoms with E-state index in [1.807, 2.05) is 48.1 Å². The molecule has 0 bridgehead atoms. The Bertz CT molecular complexity index is 733. The van der Waals surface area contributed by atoms with Gasteiger partial charge in [-0.1, -0.05) is 29.8 Å². The van der Waals surface area contributed by atoms with Crippen molar-refractivity contribution in [3.05, 3.63) is 53.3 Å². The summed E-state index contributed by atoms with van der Waals surface area (Å²) >= 11 is 6.44. The molecule has 1 aromatic carbocycles. The minimum atomic E-state index is -0.147. The van der Waals surface area contributed by atoms with E-state index in [1.165, 1.54) is 0 Å². The number of benzene rings is 1. The summed E-state index contributed by atoms with van der Waals surface area (Å²) < 4.78 is 1.86. The molecule has 1 saturated heterocycles. The summed E-state index contributed by atoms with van der Waals surface area (Å²) in [4.78, 5) is 15.2. The lowest BCUT2D eigenvalue weighted by molar-refractivity contribution is -0.127. The molecule has 0 saturated carbocycles. The van der Waals surface area contributed by atoms with Gasteiger partial charge in [0.05, 0.1) is 12.1 Å². The van der Waals surface area contributed by atoms with Crippen molar-refractivity contribution in [2.45, 2.75) is 44.8 Å². The standard InChI is InChI=1S/C20H27ClN4O/c1-14-13-16(9-12-24(14)3)20(26)23-15(2)19(25-11-6-10-22-25)17-7-4-5-8-18(17)21/h4-8,10-11,14-16,19H,9,12-13H2,1-3H3,(H,23,26)/t14-,15-,16-,19-/m0/s1. The van der Waals surface area contributed by atoms with Crippen molar-refractivity contribution in [1.29, 1.82) is 0 Å². The van der Waals surface area contributed by atoms with Gasteiger partial charge < -0.3 is 10.2 Å². The molecule has 1 N–H and O–H groups in total. The van der Waals surface area contributed by atoms with Crippen molar-refractivity contribution in [3.63, 3.8) is 0 Å². The van der Waals surface area contributed by atoms with Crippen LogP contribution >= 0.6 is 11.6 Å². The van der Waals surface area contributed by atoms with Crippen LogP contribution in [0.1, 0.15) is 38.3 Å². The number of carbonyl (C=O) groups is 1. The Labute approximate surface area is 160 Å². The van der Waals surface area contributed by atoms with Crippen LogP contribution in [-0.4, -0.2) is 46.3 Å². The summed E-state index contributed by atoms with van der Waals surface area (Å²) in [5.74, 6) is 0.190. The number of nitrogens with one attached hydrogen (secondary N) is 1. The monoisotopic (exact) mass is 374 g/mol. The highest BCUT2D eigenvalue weighted by atomic mass is 35.5. The fourth-order valence-corrected chi connectivity index (χ4v) is 4.00. The maximum Gasteiger partial charge on any atom is 0.223 e. The van der Waals surface area contributed by atoms with Crippen molar-refractivity contribution < 1.29 is 4.79 Å². The van der Waals surface area contributed by atoms with E-state index < -0.39 is 0 Å². The van der Waals surface area contributed by atoms with Gasteiger partial charge in [0.1, 0.15) is 0 Å². The van der Waals surface area contributed by atoms with Crippen LogP contribution in [0.4, 0.5) is 0 Å². The number of hydrogen-bond donors (Lipinski definition) is 1. The third-order valence-electron chi connectivity index (χ3n) is 5.46. The number of piperidine rings is 1. The van der Waals surface area contributed by atoms with E-state index in [0.29, 0.717) is 11.1 Å². The van der Waals surface area contributed by atoms with Crippen LogP contribution in [0, 0.1) is 5.92 Å². The molecule has 3 rings (SSSR count). The Balaban J connectivity index is 1.77. The minimum absolute atomic E-state index is 0.0631. The second-order valence-corrected chi connectivity index (χ2v) is 7.71. The van der Waals surface area contributed by atoms with E-state index >= 15 is 0 Å². The normalized spacial score (nSPS) is 23.4. The van der Waals surface area contributed by atoms with Crippen molar-refractivity contribution in [2.24, 2.45) is 5.92 Å². The van der Waals surface area contributed by atoms with Crippen LogP contribution < -0.4 is 5.32 Å². The van der Waals surface area contributed by atoms with E-state index in [4.69, 9.17) is 11.6 Å². The van der Waals surface area contributed by atoms with Crippen molar-refractivity contribution >= 4 is 17.5 Å². The molecule has 140 valence electrons. The number of rotatable bonds is 5. The largest absolute Gasteiger partial charge is 0.351 e. The number of halogens is 1. The van der Waals surface area contributed by atoms with Gasteiger partial charge in [-0.2, -0.15) is 5.10 Å². The molecule has 5 nitrogen and oxygen atoms in total. The Morgan fingerprint density at radius 2 is 2.12 bits per heavy atom. The molecule has 4 atom stereocenters. The summed E-state index contributed by atoms with van der Waals surface area (Å²) in [6, 6.07) is 9.79. The van der Waals surface area contributed by atoms with E-state index in [0.717, 1.165) is 24.9 Å². The number of likely N-dealkylation sites (tertiary alicyclic amines) is 1. The smallest absolute Gasteiger partial charge is 0.223 e. The van der Waals surface area contributed by atoms with Crippen LogP contribution in [0.25, 0.3) is 0 Å². The van der Waals surface area contributed by atoms with Gasteiger partial charge in [0.2, 0.25) is 5.91 Å². The minimum Gasteiger partial charge on any atom is -0.351 e. The molecule has 1 aromatic heterocycles. The molecule has 1 amide bonds.